The van der Waals surface area contributed by atoms with Crippen molar-refractivity contribution in [3.8, 4) is 0 Å². The summed E-state index contributed by atoms with van der Waals surface area (Å²) in [5.74, 6) is -0.835. The van der Waals surface area contributed by atoms with E-state index in [-0.39, 0.29) is 6.61 Å². The second kappa shape index (κ2) is 5.56. The van der Waals surface area contributed by atoms with Crippen LogP contribution in [-0.2, 0) is 16.1 Å². The summed E-state index contributed by atoms with van der Waals surface area (Å²) in [6, 6.07) is 7.44. The van der Waals surface area contributed by atoms with Gasteiger partial charge in [-0.25, -0.2) is 0 Å². The number of aliphatic carboxylic acids is 1. The highest BCUT2D eigenvalue weighted by atomic mass is 16.5. The molecule has 3 rings (SSSR count). The third-order valence-electron chi connectivity index (χ3n) is 3.65. The van der Waals surface area contributed by atoms with Crippen LogP contribution in [0.5, 0.6) is 0 Å². The molecule has 1 unspecified atom stereocenters. The van der Waals surface area contributed by atoms with Crippen molar-refractivity contribution in [3.05, 3.63) is 42.2 Å². The summed E-state index contributed by atoms with van der Waals surface area (Å²) in [4.78, 5) is 17.5. The molecule has 1 aliphatic heterocycles. The molecule has 1 aromatic heterocycles. The number of morpholine rings is 1. The van der Waals surface area contributed by atoms with Crippen LogP contribution in [-0.4, -0.2) is 46.8 Å². The van der Waals surface area contributed by atoms with E-state index in [1.807, 2.05) is 41.6 Å². The fourth-order valence-electron chi connectivity index (χ4n) is 2.58. The number of hydrogen-bond donors (Lipinski definition) is 1. The smallest absolute Gasteiger partial charge is 0.323 e. The van der Waals surface area contributed by atoms with Crippen LogP contribution in [0.15, 0.2) is 36.7 Å². The van der Waals surface area contributed by atoms with Crippen LogP contribution in [0.3, 0.4) is 0 Å². The van der Waals surface area contributed by atoms with Gasteiger partial charge in [0.25, 0.3) is 0 Å². The van der Waals surface area contributed by atoms with Crippen molar-refractivity contribution in [3.63, 3.8) is 0 Å². The molecule has 1 aromatic carbocycles. The van der Waals surface area contributed by atoms with Gasteiger partial charge in [-0.05, 0) is 10.9 Å². The largest absolute Gasteiger partial charge is 0.480 e. The Morgan fingerprint density at radius 1 is 1.40 bits per heavy atom. The maximum absolute atomic E-state index is 11.3. The second-order valence-electron chi connectivity index (χ2n) is 4.92. The van der Waals surface area contributed by atoms with Gasteiger partial charge in [0, 0.05) is 30.9 Å². The maximum Gasteiger partial charge on any atom is 0.323 e. The van der Waals surface area contributed by atoms with E-state index >= 15 is 0 Å². The molecule has 20 heavy (non-hydrogen) atoms. The summed E-state index contributed by atoms with van der Waals surface area (Å²) in [6.45, 7) is 2.02. The maximum atomic E-state index is 11.3. The van der Waals surface area contributed by atoms with Gasteiger partial charge in [0.2, 0.25) is 0 Å². The lowest BCUT2D eigenvalue weighted by Crippen LogP contribution is -2.49. The predicted molar refractivity (Wildman–Crippen MR) is 74.4 cm³/mol. The van der Waals surface area contributed by atoms with Crippen molar-refractivity contribution in [2.75, 3.05) is 19.8 Å². The van der Waals surface area contributed by atoms with E-state index in [1.54, 1.807) is 0 Å². The van der Waals surface area contributed by atoms with E-state index in [9.17, 15) is 9.90 Å². The van der Waals surface area contributed by atoms with E-state index in [4.69, 9.17) is 4.74 Å². The highest BCUT2D eigenvalue weighted by Gasteiger charge is 2.29. The Hall–Kier alpha value is -1.98. The normalized spacial score (nSPS) is 20.1. The number of hydrogen-bond acceptors (Lipinski definition) is 4. The average Bonchev–Trinajstić information content (AvgIpc) is 2.48. The Morgan fingerprint density at radius 2 is 2.25 bits per heavy atom. The predicted octanol–water partition coefficient (Wildman–Crippen LogP) is 1.52. The Bertz CT molecular complexity index is 624. The number of aromatic nitrogens is 1. The zero-order chi connectivity index (χ0) is 13.9. The van der Waals surface area contributed by atoms with Crippen molar-refractivity contribution in [1.82, 2.24) is 9.88 Å². The highest BCUT2D eigenvalue weighted by Crippen LogP contribution is 2.20. The van der Waals surface area contributed by atoms with Gasteiger partial charge in [-0.1, -0.05) is 24.3 Å². The minimum atomic E-state index is -0.835. The first kappa shape index (κ1) is 13.0. The van der Waals surface area contributed by atoms with Crippen LogP contribution in [0.1, 0.15) is 5.56 Å². The molecule has 0 aliphatic carbocycles. The van der Waals surface area contributed by atoms with E-state index in [0.29, 0.717) is 19.7 Å². The first-order valence-electron chi connectivity index (χ1n) is 6.62. The number of benzene rings is 1. The van der Waals surface area contributed by atoms with Gasteiger partial charge in [-0.2, -0.15) is 0 Å². The quantitative estimate of drug-likeness (QED) is 0.918. The van der Waals surface area contributed by atoms with Gasteiger partial charge in [-0.3, -0.25) is 14.7 Å². The fourth-order valence-corrected chi connectivity index (χ4v) is 2.58. The third kappa shape index (κ3) is 2.50. The molecule has 1 atom stereocenters. The van der Waals surface area contributed by atoms with Crippen LogP contribution < -0.4 is 0 Å². The summed E-state index contributed by atoms with van der Waals surface area (Å²) in [5, 5.41) is 11.5. The Balaban J connectivity index is 1.90. The van der Waals surface area contributed by atoms with Crippen molar-refractivity contribution in [2.45, 2.75) is 12.6 Å². The third-order valence-corrected chi connectivity index (χ3v) is 3.65. The summed E-state index contributed by atoms with van der Waals surface area (Å²) >= 11 is 0. The molecular weight excluding hydrogens is 256 g/mol. The fraction of sp³-hybridized carbons (Fsp3) is 0.333. The summed E-state index contributed by atoms with van der Waals surface area (Å²) in [5.41, 5.74) is 1.05. The number of pyridine rings is 1. The van der Waals surface area contributed by atoms with Crippen molar-refractivity contribution in [2.24, 2.45) is 0 Å². The molecule has 5 heteroatoms. The van der Waals surface area contributed by atoms with Crippen LogP contribution in [0, 0.1) is 0 Å². The second-order valence-corrected chi connectivity index (χ2v) is 4.92. The van der Waals surface area contributed by atoms with Crippen LogP contribution >= 0.6 is 0 Å². The Morgan fingerprint density at radius 3 is 3.10 bits per heavy atom. The first-order valence-corrected chi connectivity index (χ1v) is 6.62. The van der Waals surface area contributed by atoms with Gasteiger partial charge < -0.3 is 9.84 Å². The number of nitrogens with zero attached hydrogens (tertiary/aromatic N) is 2. The topological polar surface area (TPSA) is 62.7 Å². The molecule has 0 saturated carbocycles. The molecule has 104 valence electrons. The number of fused-ring (bicyclic) bond motifs is 1. The minimum absolute atomic E-state index is 0.244. The number of rotatable bonds is 3. The van der Waals surface area contributed by atoms with Crippen LogP contribution in [0.4, 0.5) is 0 Å². The van der Waals surface area contributed by atoms with Crippen molar-refractivity contribution < 1.29 is 14.6 Å². The van der Waals surface area contributed by atoms with E-state index < -0.39 is 12.0 Å². The van der Waals surface area contributed by atoms with E-state index in [1.165, 1.54) is 0 Å². The lowest BCUT2D eigenvalue weighted by Gasteiger charge is -2.32. The standard InChI is InChI=1S/C15H16N2O3/c18-15(19)14-10-20-6-5-17(14)9-12-8-16-7-11-3-1-2-4-13(11)12/h1-4,7-8,14H,5-6,9-10H2,(H,18,19). The zero-order valence-corrected chi connectivity index (χ0v) is 11.0. The van der Waals surface area contributed by atoms with Crippen molar-refractivity contribution >= 4 is 16.7 Å². The Labute approximate surface area is 116 Å². The molecule has 0 spiro atoms. The molecule has 0 bridgehead atoms. The molecular formula is C15H16N2O3. The minimum Gasteiger partial charge on any atom is -0.480 e. The van der Waals surface area contributed by atoms with Crippen molar-refractivity contribution in [1.29, 1.82) is 0 Å². The number of carbonyl (C=O) groups is 1. The first-order chi connectivity index (χ1) is 9.75. The van der Waals surface area contributed by atoms with Gasteiger partial charge in [0.1, 0.15) is 6.04 Å². The average molecular weight is 272 g/mol. The summed E-state index contributed by atoms with van der Waals surface area (Å²) < 4.78 is 5.26. The molecule has 5 nitrogen and oxygen atoms in total. The van der Waals surface area contributed by atoms with E-state index in [0.717, 1.165) is 16.3 Å². The van der Waals surface area contributed by atoms with Gasteiger partial charge >= 0.3 is 5.97 Å². The summed E-state index contributed by atoms with van der Waals surface area (Å²) in [7, 11) is 0. The number of carboxylic acids is 1. The van der Waals surface area contributed by atoms with Gasteiger partial charge in [-0.15, -0.1) is 0 Å². The molecule has 1 saturated heterocycles. The molecule has 1 fully saturated rings. The molecule has 0 amide bonds. The molecule has 0 radical (unpaired) electrons. The molecule has 2 heterocycles. The lowest BCUT2D eigenvalue weighted by molar-refractivity contribution is -0.150. The van der Waals surface area contributed by atoms with Gasteiger partial charge in [0.05, 0.1) is 13.2 Å². The van der Waals surface area contributed by atoms with Crippen LogP contribution in [0.2, 0.25) is 0 Å². The van der Waals surface area contributed by atoms with Crippen LogP contribution in [0.25, 0.3) is 10.8 Å². The number of carboxylic acid groups (broad SMARTS) is 1. The molecule has 1 aliphatic rings. The molecule has 1 N–H and O–H groups in total. The summed E-state index contributed by atoms with van der Waals surface area (Å²) in [6.07, 6.45) is 3.64. The zero-order valence-electron chi connectivity index (χ0n) is 11.0. The monoisotopic (exact) mass is 272 g/mol. The van der Waals surface area contributed by atoms with E-state index in [2.05, 4.69) is 4.98 Å². The SMILES string of the molecule is O=C(O)C1COCCN1Cc1cncc2ccccc12. The Kier molecular flexibility index (Phi) is 3.62. The highest BCUT2D eigenvalue weighted by molar-refractivity contribution is 5.84. The molecule has 2 aromatic rings. The van der Waals surface area contributed by atoms with Gasteiger partial charge in [0.15, 0.2) is 0 Å². The number of ether oxygens (including phenoxy) is 1. The lowest BCUT2D eigenvalue weighted by atomic mass is 10.1.